The standard InChI is InChI=1S/C24H31N3O2/c1-17(20-10-9-18-7-5-6-8-21(18)26-20)29-22-11-12-24(2,3)23(28-4)19(22)15-27-14-13-25-16-27/h5-10,13-14,16-17,19,22-23H,11-12,15H2,1-4H3. The first-order chi connectivity index (χ1) is 14.0. The van der Waals surface area contributed by atoms with Crippen molar-refractivity contribution in [3.8, 4) is 0 Å². The predicted molar refractivity (Wildman–Crippen MR) is 115 cm³/mol. The molecular weight excluding hydrogens is 362 g/mol. The largest absolute Gasteiger partial charge is 0.380 e. The summed E-state index contributed by atoms with van der Waals surface area (Å²) in [6, 6.07) is 12.4. The van der Waals surface area contributed by atoms with Gasteiger partial charge in [-0.1, -0.05) is 38.1 Å². The Bertz CT molecular complexity index is 938. The Balaban J connectivity index is 1.56. The van der Waals surface area contributed by atoms with E-state index in [4.69, 9.17) is 14.5 Å². The topological polar surface area (TPSA) is 49.2 Å². The maximum atomic E-state index is 6.64. The lowest BCUT2D eigenvalue weighted by molar-refractivity contribution is -0.151. The number of imidazole rings is 1. The van der Waals surface area contributed by atoms with Crippen LogP contribution < -0.4 is 0 Å². The molecule has 2 aromatic heterocycles. The van der Waals surface area contributed by atoms with E-state index in [9.17, 15) is 0 Å². The molecule has 4 unspecified atom stereocenters. The Hall–Kier alpha value is -2.24. The molecule has 154 valence electrons. The molecule has 2 heterocycles. The zero-order valence-electron chi connectivity index (χ0n) is 17.8. The van der Waals surface area contributed by atoms with Crippen LogP contribution in [0.1, 0.15) is 45.4 Å². The Labute approximate surface area is 173 Å². The van der Waals surface area contributed by atoms with Gasteiger partial charge >= 0.3 is 0 Å². The second-order valence-electron chi connectivity index (χ2n) is 8.85. The van der Waals surface area contributed by atoms with E-state index in [2.05, 4.69) is 54.6 Å². The third-order valence-electron chi connectivity index (χ3n) is 6.36. The van der Waals surface area contributed by atoms with Gasteiger partial charge in [0.2, 0.25) is 0 Å². The lowest BCUT2D eigenvalue weighted by Gasteiger charge is -2.47. The van der Waals surface area contributed by atoms with Crippen LogP contribution in [0.15, 0.2) is 55.1 Å². The summed E-state index contributed by atoms with van der Waals surface area (Å²) < 4.78 is 14.8. The minimum Gasteiger partial charge on any atom is -0.380 e. The van der Waals surface area contributed by atoms with E-state index in [1.165, 1.54) is 0 Å². The second-order valence-corrected chi connectivity index (χ2v) is 8.85. The zero-order valence-corrected chi connectivity index (χ0v) is 17.8. The number of rotatable bonds is 6. The van der Waals surface area contributed by atoms with E-state index >= 15 is 0 Å². The first kappa shape index (κ1) is 20.0. The molecule has 5 nitrogen and oxygen atoms in total. The first-order valence-corrected chi connectivity index (χ1v) is 10.5. The smallest absolute Gasteiger partial charge is 0.0970 e. The van der Waals surface area contributed by atoms with Crippen molar-refractivity contribution < 1.29 is 9.47 Å². The molecule has 0 radical (unpaired) electrons. The number of benzene rings is 1. The fourth-order valence-electron chi connectivity index (χ4n) is 4.80. The fraction of sp³-hybridized carbons (Fsp3) is 0.500. The van der Waals surface area contributed by atoms with Crippen molar-refractivity contribution >= 4 is 10.9 Å². The molecule has 4 atom stereocenters. The predicted octanol–water partition coefficient (Wildman–Crippen LogP) is 5.03. The number of pyridine rings is 1. The third-order valence-corrected chi connectivity index (χ3v) is 6.36. The molecule has 1 saturated carbocycles. The average Bonchev–Trinajstić information content (AvgIpc) is 3.23. The van der Waals surface area contributed by atoms with Crippen molar-refractivity contribution in [3.05, 3.63) is 60.8 Å². The van der Waals surface area contributed by atoms with Crippen molar-refractivity contribution in [3.63, 3.8) is 0 Å². The molecule has 0 N–H and O–H groups in total. The number of hydrogen-bond donors (Lipinski definition) is 0. The van der Waals surface area contributed by atoms with E-state index in [0.29, 0.717) is 0 Å². The van der Waals surface area contributed by atoms with Gasteiger partial charge in [-0.05, 0) is 37.3 Å². The van der Waals surface area contributed by atoms with Gasteiger partial charge in [0.25, 0.3) is 0 Å². The molecule has 1 aromatic carbocycles. The number of methoxy groups -OCH3 is 1. The molecule has 1 fully saturated rings. The number of ether oxygens (including phenoxy) is 2. The van der Waals surface area contributed by atoms with Gasteiger partial charge in [-0.25, -0.2) is 4.98 Å². The lowest BCUT2D eigenvalue weighted by Crippen LogP contribution is -2.50. The van der Waals surface area contributed by atoms with E-state index in [1.807, 2.05) is 38.0 Å². The van der Waals surface area contributed by atoms with Crippen LogP contribution in [0.2, 0.25) is 0 Å². The summed E-state index contributed by atoms with van der Waals surface area (Å²) in [7, 11) is 1.82. The molecule has 29 heavy (non-hydrogen) atoms. The van der Waals surface area contributed by atoms with Gasteiger partial charge in [0, 0.05) is 37.4 Å². The number of hydrogen-bond acceptors (Lipinski definition) is 4. The van der Waals surface area contributed by atoms with Gasteiger partial charge in [0.05, 0.1) is 35.8 Å². The normalized spacial score (nSPS) is 25.2. The van der Waals surface area contributed by atoms with Gasteiger partial charge in [-0.2, -0.15) is 0 Å². The molecule has 3 aromatic rings. The van der Waals surface area contributed by atoms with Crippen molar-refractivity contribution in [1.82, 2.24) is 14.5 Å². The quantitative estimate of drug-likeness (QED) is 0.589. The van der Waals surface area contributed by atoms with Crippen molar-refractivity contribution in [2.75, 3.05) is 7.11 Å². The van der Waals surface area contributed by atoms with Gasteiger partial charge in [0.15, 0.2) is 0 Å². The summed E-state index contributed by atoms with van der Waals surface area (Å²) in [5.74, 6) is 0.251. The minimum atomic E-state index is -0.0754. The van der Waals surface area contributed by atoms with Gasteiger partial charge < -0.3 is 14.0 Å². The first-order valence-electron chi connectivity index (χ1n) is 10.5. The zero-order chi connectivity index (χ0) is 20.4. The van der Waals surface area contributed by atoms with Crippen LogP contribution in [0.25, 0.3) is 10.9 Å². The average molecular weight is 394 g/mol. The Morgan fingerprint density at radius 1 is 1.21 bits per heavy atom. The van der Waals surface area contributed by atoms with Crippen LogP contribution in [-0.4, -0.2) is 33.9 Å². The molecule has 0 amide bonds. The fourth-order valence-corrected chi connectivity index (χ4v) is 4.80. The second kappa shape index (κ2) is 8.25. The van der Waals surface area contributed by atoms with E-state index in [0.717, 1.165) is 36.0 Å². The maximum Gasteiger partial charge on any atom is 0.0970 e. The van der Waals surface area contributed by atoms with Crippen molar-refractivity contribution in [2.45, 2.75) is 58.5 Å². The van der Waals surface area contributed by atoms with Gasteiger partial charge in [0.1, 0.15) is 0 Å². The molecule has 0 saturated heterocycles. The monoisotopic (exact) mass is 393 g/mol. The molecule has 0 spiro atoms. The van der Waals surface area contributed by atoms with E-state index < -0.39 is 0 Å². The summed E-state index contributed by atoms with van der Waals surface area (Å²) in [6.45, 7) is 7.54. The number of aromatic nitrogens is 3. The van der Waals surface area contributed by atoms with Crippen LogP contribution in [0.4, 0.5) is 0 Å². The highest BCUT2D eigenvalue weighted by Gasteiger charge is 2.45. The summed E-state index contributed by atoms with van der Waals surface area (Å²) in [4.78, 5) is 9.05. The molecule has 0 bridgehead atoms. The molecule has 1 aliphatic rings. The van der Waals surface area contributed by atoms with Gasteiger partial charge in [-0.15, -0.1) is 0 Å². The summed E-state index contributed by atoms with van der Waals surface area (Å²) in [5.41, 5.74) is 2.10. The summed E-state index contributed by atoms with van der Waals surface area (Å²) >= 11 is 0. The minimum absolute atomic E-state index is 0.0754. The summed E-state index contributed by atoms with van der Waals surface area (Å²) in [5, 5.41) is 1.15. The lowest BCUT2D eigenvalue weighted by atomic mass is 9.68. The van der Waals surface area contributed by atoms with E-state index in [-0.39, 0.29) is 29.6 Å². The molecule has 1 aliphatic carbocycles. The highest BCUT2D eigenvalue weighted by Crippen LogP contribution is 2.43. The van der Waals surface area contributed by atoms with Crippen LogP contribution in [0.5, 0.6) is 0 Å². The summed E-state index contributed by atoms with van der Waals surface area (Å²) in [6.07, 6.45) is 7.97. The van der Waals surface area contributed by atoms with E-state index in [1.54, 1.807) is 0 Å². The highest BCUT2D eigenvalue weighted by atomic mass is 16.5. The van der Waals surface area contributed by atoms with Gasteiger partial charge in [-0.3, -0.25) is 4.98 Å². The van der Waals surface area contributed by atoms with Crippen LogP contribution in [-0.2, 0) is 16.0 Å². The van der Waals surface area contributed by atoms with Crippen LogP contribution >= 0.6 is 0 Å². The maximum absolute atomic E-state index is 6.64. The molecule has 5 heteroatoms. The van der Waals surface area contributed by atoms with Crippen LogP contribution in [0, 0.1) is 11.3 Å². The Morgan fingerprint density at radius 2 is 2.03 bits per heavy atom. The molecular formula is C24H31N3O2. The number of fused-ring (bicyclic) bond motifs is 1. The van der Waals surface area contributed by atoms with Crippen molar-refractivity contribution in [1.29, 1.82) is 0 Å². The molecule has 4 rings (SSSR count). The number of para-hydroxylation sites is 1. The van der Waals surface area contributed by atoms with Crippen molar-refractivity contribution in [2.24, 2.45) is 11.3 Å². The van der Waals surface area contributed by atoms with Crippen LogP contribution in [0.3, 0.4) is 0 Å². The number of nitrogens with zero attached hydrogens (tertiary/aromatic N) is 3. The molecule has 0 aliphatic heterocycles. The Kier molecular flexibility index (Phi) is 5.70. The Morgan fingerprint density at radius 3 is 2.79 bits per heavy atom. The third kappa shape index (κ3) is 4.21. The highest BCUT2D eigenvalue weighted by molar-refractivity contribution is 5.78. The SMILES string of the molecule is COC1C(Cn2ccnc2)C(OC(C)c2ccc3ccccc3n2)CCC1(C)C.